The van der Waals surface area contributed by atoms with Crippen LogP contribution in [0.5, 0.6) is 0 Å². The molecule has 108 valence electrons. The molecule has 0 radical (unpaired) electrons. The standard InChI is InChI=1S/C13H29N3OS/c1-6-8-9-15-12(14-7-2)16-10-11-18(17)13(3,4)5/h6-11H2,1-5H3,(H2,14,15,16). The van der Waals surface area contributed by atoms with Crippen LogP contribution in [0, 0.1) is 0 Å². The van der Waals surface area contributed by atoms with Gasteiger partial charge < -0.3 is 10.6 Å². The van der Waals surface area contributed by atoms with Crippen molar-refractivity contribution in [3.05, 3.63) is 0 Å². The SMILES string of the molecule is CCCCN=C(NCC)NCCS(=O)C(C)(C)C. The van der Waals surface area contributed by atoms with E-state index in [-0.39, 0.29) is 4.75 Å². The van der Waals surface area contributed by atoms with E-state index in [1.165, 1.54) is 0 Å². The van der Waals surface area contributed by atoms with Crippen LogP contribution >= 0.6 is 0 Å². The average molecular weight is 275 g/mol. The lowest BCUT2D eigenvalue weighted by Gasteiger charge is -2.18. The number of aliphatic imine (C=N–C) groups is 1. The number of nitrogens with one attached hydrogen (secondary N) is 2. The quantitative estimate of drug-likeness (QED) is 0.424. The van der Waals surface area contributed by atoms with Crippen molar-refractivity contribution in [2.45, 2.75) is 52.2 Å². The van der Waals surface area contributed by atoms with Crippen LogP contribution in [0.25, 0.3) is 0 Å². The summed E-state index contributed by atoms with van der Waals surface area (Å²) in [6, 6.07) is 0. The molecular formula is C13H29N3OS. The summed E-state index contributed by atoms with van der Waals surface area (Å²) in [5, 5.41) is 6.42. The molecule has 0 saturated carbocycles. The molecule has 1 unspecified atom stereocenters. The van der Waals surface area contributed by atoms with Gasteiger partial charge in [0.15, 0.2) is 5.96 Å². The largest absolute Gasteiger partial charge is 0.357 e. The maximum atomic E-state index is 11.9. The Kier molecular flexibility index (Phi) is 9.06. The molecule has 0 aliphatic heterocycles. The number of rotatable bonds is 7. The number of hydrogen-bond donors (Lipinski definition) is 2. The van der Waals surface area contributed by atoms with Crippen LogP contribution in [-0.4, -0.2) is 40.3 Å². The molecule has 0 fully saturated rings. The highest BCUT2D eigenvalue weighted by Gasteiger charge is 2.18. The third-order valence-electron chi connectivity index (χ3n) is 2.39. The van der Waals surface area contributed by atoms with E-state index in [1.54, 1.807) is 0 Å². The van der Waals surface area contributed by atoms with Gasteiger partial charge in [0.05, 0.1) is 0 Å². The van der Waals surface area contributed by atoms with E-state index < -0.39 is 10.8 Å². The minimum absolute atomic E-state index is 0.140. The summed E-state index contributed by atoms with van der Waals surface area (Å²) >= 11 is 0. The fourth-order valence-corrected chi connectivity index (χ4v) is 2.16. The molecule has 0 rings (SSSR count). The third-order valence-corrected chi connectivity index (χ3v) is 4.33. The van der Waals surface area contributed by atoms with Gasteiger partial charge >= 0.3 is 0 Å². The van der Waals surface area contributed by atoms with Gasteiger partial charge in [-0.2, -0.15) is 0 Å². The van der Waals surface area contributed by atoms with Crippen molar-refractivity contribution in [1.82, 2.24) is 10.6 Å². The summed E-state index contributed by atoms with van der Waals surface area (Å²) in [6.07, 6.45) is 2.25. The van der Waals surface area contributed by atoms with E-state index in [1.807, 2.05) is 27.7 Å². The predicted octanol–water partition coefficient (Wildman–Crippen LogP) is 1.89. The highest BCUT2D eigenvalue weighted by molar-refractivity contribution is 7.86. The second-order valence-electron chi connectivity index (χ2n) is 5.20. The average Bonchev–Trinajstić information content (AvgIpc) is 2.28. The van der Waals surface area contributed by atoms with Crippen molar-refractivity contribution in [3.63, 3.8) is 0 Å². The first-order chi connectivity index (χ1) is 8.41. The van der Waals surface area contributed by atoms with Crippen molar-refractivity contribution in [2.24, 2.45) is 4.99 Å². The first-order valence-corrected chi connectivity index (χ1v) is 8.14. The monoisotopic (exact) mass is 275 g/mol. The van der Waals surface area contributed by atoms with Gasteiger partial charge in [-0.3, -0.25) is 9.20 Å². The Hall–Kier alpha value is -0.580. The van der Waals surface area contributed by atoms with Crippen molar-refractivity contribution in [2.75, 3.05) is 25.4 Å². The number of unbranched alkanes of at least 4 members (excludes halogenated alkanes) is 1. The van der Waals surface area contributed by atoms with E-state index in [9.17, 15) is 4.21 Å². The molecule has 0 aliphatic rings. The molecule has 5 heteroatoms. The topological polar surface area (TPSA) is 53.5 Å². The lowest BCUT2D eigenvalue weighted by Crippen LogP contribution is -2.40. The zero-order chi connectivity index (χ0) is 14.0. The zero-order valence-electron chi connectivity index (χ0n) is 12.5. The smallest absolute Gasteiger partial charge is 0.191 e. The first-order valence-electron chi connectivity index (χ1n) is 6.82. The van der Waals surface area contributed by atoms with Crippen molar-refractivity contribution < 1.29 is 4.21 Å². The van der Waals surface area contributed by atoms with Gasteiger partial charge in [0.25, 0.3) is 0 Å². The van der Waals surface area contributed by atoms with Crippen LogP contribution in [-0.2, 0) is 10.8 Å². The highest BCUT2D eigenvalue weighted by atomic mass is 32.2. The molecule has 0 aromatic rings. The van der Waals surface area contributed by atoms with E-state index in [4.69, 9.17) is 0 Å². The van der Waals surface area contributed by atoms with E-state index >= 15 is 0 Å². The fourth-order valence-electron chi connectivity index (χ4n) is 1.26. The van der Waals surface area contributed by atoms with Crippen LogP contribution in [0.3, 0.4) is 0 Å². The van der Waals surface area contributed by atoms with Gasteiger partial charge in [-0.05, 0) is 34.1 Å². The molecule has 2 N–H and O–H groups in total. The molecule has 1 atom stereocenters. The van der Waals surface area contributed by atoms with Crippen molar-refractivity contribution in [1.29, 1.82) is 0 Å². The van der Waals surface area contributed by atoms with Gasteiger partial charge in [0.1, 0.15) is 0 Å². The van der Waals surface area contributed by atoms with Gasteiger partial charge in [-0.1, -0.05) is 13.3 Å². The molecule has 0 aromatic heterocycles. The Bertz CT molecular complexity index is 272. The molecule has 4 nitrogen and oxygen atoms in total. The molecule has 0 aliphatic carbocycles. The minimum Gasteiger partial charge on any atom is -0.357 e. The number of nitrogens with zero attached hydrogens (tertiary/aromatic N) is 1. The first kappa shape index (κ1) is 17.4. The van der Waals surface area contributed by atoms with Crippen LogP contribution < -0.4 is 10.6 Å². The van der Waals surface area contributed by atoms with Crippen molar-refractivity contribution >= 4 is 16.8 Å². The van der Waals surface area contributed by atoms with Gasteiger partial charge in [0, 0.05) is 40.9 Å². The summed E-state index contributed by atoms with van der Waals surface area (Å²) in [6.45, 7) is 12.6. The lowest BCUT2D eigenvalue weighted by atomic mass is 10.3. The summed E-state index contributed by atoms with van der Waals surface area (Å²) < 4.78 is 11.7. The van der Waals surface area contributed by atoms with Crippen LogP contribution in [0.1, 0.15) is 47.5 Å². The van der Waals surface area contributed by atoms with Gasteiger partial charge in [-0.15, -0.1) is 0 Å². The molecule has 0 spiro atoms. The molecule has 0 heterocycles. The number of guanidine groups is 1. The Labute approximate surface area is 114 Å². The maximum absolute atomic E-state index is 11.9. The molecule has 0 saturated heterocycles. The second kappa shape index (κ2) is 9.36. The molecule has 0 aromatic carbocycles. The van der Waals surface area contributed by atoms with Crippen LogP contribution in [0.4, 0.5) is 0 Å². The summed E-state index contributed by atoms with van der Waals surface area (Å²) in [7, 11) is -0.810. The summed E-state index contributed by atoms with van der Waals surface area (Å²) in [5.41, 5.74) is 0. The number of hydrogen-bond acceptors (Lipinski definition) is 2. The van der Waals surface area contributed by atoms with Crippen LogP contribution in [0.15, 0.2) is 4.99 Å². The predicted molar refractivity (Wildman–Crippen MR) is 81.7 cm³/mol. The van der Waals surface area contributed by atoms with Crippen molar-refractivity contribution in [3.8, 4) is 0 Å². The summed E-state index contributed by atoms with van der Waals surface area (Å²) in [4.78, 5) is 4.46. The van der Waals surface area contributed by atoms with E-state index in [0.717, 1.165) is 31.9 Å². The Morgan fingerprint density at radius 3 is 2.39 bits per heavy atom. The maximum Gasteiger partial charge on any atom is 0.191 e. The van der Waals surface area contributed by atoms with Gasteiger partial charge in [0.2, 0.25) is 0 Å². The molecule has 0 bridgehead atoms. The zero-order valence-corrected chi connectivity index (χ0v) is 13.3. The minimum atomic E-state index is -0.810. The molecular weight excluding hydrogens is 246 g/mol. The second-order valence-corrected chi connectivity index (χ2v) is 7.53. The molecule has 18 heavy (non-hydrogen) atoms. The van der Waals surface area contributed by atoms with Gasteiger partial charge in [-0.25, -0.2) is 0 Å². The Morgan fingerprint density at radius 2 is 1.89 bits per heavy atom. The Morgan fingerprint density at radius 1 is 1.22 bits per heavy atom. The molecule has 0 amide bonds. The van der Waals surface area contributed by atoms with E-state index in [2.05, 4.69) is 22.5 Å². The highest BCUT2D eigenvalue weighted by Crippen LogP contribution is 2.10. The summed E-state index contributed by atoms with van der Waals surface area (Å²) in [5.74, 6) is 1.48. The lowest BCUT2D eigenvalue weighted by molar-refractivity contribution is 0.647. The van der Waals surface area contributed by atoms with Crippen LogP contribution in [0.2, 0.25) is 0 Å². The Balaban J connectivity index is 4.04. The van der Waals surface area contributed by atoms with E-state index in [0.29, 0.717) is 12.3 Å². The third kappa shape index (κ3) is 8.50. The fraction of sp³-hybridized carbons (Fsp3) is 0.923. The normalized spacial score (nSPS) is 14.4.